The average molecular weight is 265 g/mol. The fourth-order valence-electron chi connectivity index (χ4n) is 1.33. The molecule has 0 bridgehead atoms. The van der Waals surface area contributed by atoms with E-state index in [-0.39, 0.29) is 12.3 Å². The van der Waals surface area contributed by atoms with Crippen molar-refractivity contribution < 1.29 is 16.5 Å². The van der Waals surface area contributed by atoms with Gasteiger partial charge >= 0.3 is 10.5 Å². The summed E-state index contributed by atoms with van der Waals surface area (Å²) in [7, 11) is -5.03. The van der Waals surface area contributed by atoms with E-state index in [1.54, 1.807) is 13.8 Å². The van der Waals surface area contributed by atoms with Crippen molar-refractivity contribution in [3.05, 3.63) is 22.8 Å². The van der Waals surface area contributed by atoms with Gasteiger partial charge in [0.15, 0.2) is 0 Å². The summed E-state index contributed by atoms with van der Waals surface area (Å²) in [5.41, 5.74) is 7.41. The largest absolute Gasteiger partial charge is 0.488 e. The predicted molar refractivity (Wildman–Crippen MR) is 61.7 cm³/mol. The van der Waals surface area contributed by atoms with Crippen LogP contribution in [0.4, 0.5) is 3.89 Å². The highest BCUT2D eigenvalue weighted by Crippen LogP contribution is 2.31. The molecule has 0 fully saturated rings. The van der Waals surface area contributed by atoms with Crippen LogP contribution >= 0.6 is 12.6 Å². The molecule has 2 N–H and O–H groups in total. The number of rotatable bonds is 3. The quantitative estimate of drug-likeness (QED) is 0.644. The van der Waals surface area contributed by atoms with Crippen LogP contribution < -0.4 is 9.92 Å². The van der Waals surface area contributed by atoms with Gasteiger partial charge in [-0.15, -0.1) is 12.6 Å². The smallest absolute Gasteiger partial charge is 0.358 e. The second-order valence-electron chi connectivity index (χ2n) is 3.31. The molecule has 1 aromatic rings. The molecule has 90 valence electrons. The van der Waals surface area contributed by atoms with Gasteiger partial charge in [-0.3, -0.25) is 0 Å². The lowest BCUT2D eigenvalue weighted by molar-refractivity contribution is 0.437. The number of thiol groups is 1. The first-order valence-electron chi connectivity index (χ1n) is 4.42. The Morgan fingerprint density at radius 2 is 2.00 bits per heavy atom. The number of nitrogens with two attached hydrogens (primary N) is 1. The predicted octanol–water partition coefficient (Wildman–Crippen LogP) is 1.64. The molecule has 16 heavy (non-hydrogen) atoms. The summed E-state index contributed by atoms with van der Waals surface area (Å²) < 4.78 is 37.4. The van der Waals surface area contributed by atoms with E-state index in [0.29, 0.717) is 16.0 Å². The molecular weight excluding hydrogens is 253 g/mol. The van der Waals surface area contributed by atoms with Gasteiger partial charge in [0, 0.05) is 17.0 Å². The summed E-state index contributed by atoms with van der Waals surface area (Å²) in [5, 5.41) is 0. The second kappa shape index (κ2) is 4.60. The summed E-state index contributed by atoms with van der Waals surface area (Å²) in [4.78, 5) is 0.543. The molecular formula is C9H12FNO3S2. The fourth-order valence-corrected chi connectivity index (χ4v) is 1.97. The van der Waals surface area contributed by atoms with Crippen molar-refractivity contribution in [1.82, 2.24) is 0 Å². The zero-order valence-corrected chi connectivity index (χ0v) is 10.5. The monoisotopic (exact) mass is 265 g/mol. The molecule has 0 saturated carbocycles. The maximum absolute atomic E-state index is 12.4. The van der Waals surface area contributed by atoms with Crippen molar-refractivity contribution in [3.8, 4) is 5.75 Å². The normalized spacial score (nSPS) is 11.6. The van der Waals surface area contributed by atoms with Gasteiger partial charge in [-0.1, -0.05) is 3.89 Å². The molecule has 0 atom stereocenters. The van der Waals surface area contributed by atoms with E-state index in [1.807, 2.05) is 0 Å². The highest BCUT2D eigenvalue weighted by molar-refractivity contribution is 7.81. The molecule has 0 radical (unpaired) electrons. The van der Waals surface area contributed by atoms with Crippen LogP contribution in [-0.2, 0) is 17.0 Å². The first-order valence-corrected chi connectivity index (χ1v) is 6.18. The van der Waals surface area contributed by atoms with Crippen molar-refractivity contribution in [2.24, 2.45) is 5.73 Å². The third kappa shape index (κ3) is 2.87. The summed E-state index contributed by atoms with van der Waals surface area (Å²) in [6, 6.07) is 1.40. The van der Waals surface area contributed by atoms with Gasteiger partial charge < -0.3 is 9.92 Å². The lowest BCUT2D eigenvalue weighted by Crippen LogP contribution is -2.07. The molecule has 1 aromatic carbocycles. The summed E-state index contributed by atoms with van der Waals surface area (Å²) in [6.07, 6.45) is 0. The summed E-state index contributed by atoms with van der Waals surface area (Å²) >= 11 is 4.20. The third-order valence-corrected chi connectivity index (χ3v) is 3.33. The van der Waals surface area contributed by atoms with Crippen LogP contribution in [0, 0.1) is 13.8 Å². The molecule has 7 heteroatoms. The Morgan fingerprint density at radius 3 is 2.44 bits per heavy atom. The summed E-state index contributed by atoms with van der Waals surface area (Å²) in [5.74, 6) is -0.0847. The second-order valence-corrected chi connectivity index (χ2v) is 4.71. The van der Waals surface area contributed by atoms with Crippen molar-refractivity contribution in [3.63, 3.8) is 0 Å². The standard InChI is InChI=1S/C9H12FNO3S2/c1-5-7(4-11)3-8(6(2)9(5)15)14-16(10,12)13/h3,15H,4,11H2,1-2H3. The van der Waals surface area contributed by atoms with E-state index < -0.39 is 10.5 Å². The van der Waals surface area contributed by atoms with Gasteiger partial charge in [0.25, 0.3) is 0 Å². The van der Waals surface area contributed by atoms with E-state index in [2.05, 4.69) is 16.8 Å². The Labute approximate surface area is 99.4 Å². The van der Waals surface area contributed by atoms with Crippen LogP contribution in [0.5, 0.6) is 5.75 Å². The molecule has 0 aliphatic rings. The minimum absolute atomic E-state index is 0.0847. The molecule has 0 aliphatic carbocycles. The minimum atomic E-state index is -5.03. The van der Waals surface area contributed by atoms with Crippen molar-refractivity contribution in [1.29, 1.82) is 0 Å². The Kier molecular flexibility index (Phi) is 3.82. The van der Waals surface area contributed by atoms with Gasteiger partial charge in [-0.25, -0.2) is 0 Å². The molecule has 0 aliphatic heterocycles. The SMILES string of the molecule is Cc1c(CN)cc(OS(=O)(=O)F)c(C)c1S. The first-order chi connectivity index (χ1) is 7.26. The van der Waals surface area contributed by atoms with E-state index in [4.69, 9.17) is 5.73 Å². The molecule has 0 aromatic heterocycles. The van der Waals surface area contributed by atoms with Gasteiger partial charge in [0.2, 0.25) is 0 Å². The molecule has 0 spiro atoms. The van der Waals surface area contributed by atoms with Crippen molar-refractivity contribution in [2.75, 3.05) is 0 Å². The zero-order chi connectivity index (χ0) is 12.5. The van der Waals surface area contributed by atoms with Crippen LogP contribution in [0.1, 0.15) is 16.7 Å². The molecule has 4 nitrogen and oxygen atoms in total. The van der Waals surface area contributed by atoms with E-state index >= 15 is 0 Å². The Balaban J connectivity index is 3.36. The molecule has 1 rings (SSSR count). The maximum atomic E-state index is 12.4. The van der Waals surface area contributed by atoms with Crippen LogP contribution in [-0.4, -0.2) is 8.42 Å². The first kappa shape index (κ1) is 13.3. The third-order valence-electron chi connectivity index (χ3n) is 2.28. The molecule has 0 amide bonds. The van der Waals surface area contributed by atoms with E-state index in [0.717, 1.165) is 5.56 Å². The molecule has 0 heterocycles. The van der Waals surface area contributed by atoms with Gasteiger partial charge in [-0.2, -0.15) is 8.42 Å². The lowest BCUT2D eigenvalue weighted by atomic mass is 10.0. The van der Waals surface area contributed by atoms with Crippen LogP contribution in [0.3, 0.4) is 0 Å². The number of hydrogen-bond acceptors (Lipinski definition) is 5. The molecule has 0 saturated heterocycles. The van der Waals surface area contributed by atoms with Crippen molar-refractivity contribution in [2.45, 2.75) is 25.3 Å². The van der Waals surface area contributed by atoms with Gasteiger partial charge in [-0.05, 0) is 31.0 Å². The Hall–Kier alpha value is -0.790. The summed E-state index contributed by atoms with van der Waals surface area (Å²) in [6.45, 7) is 3.59. The Morgan fingerprint density at radius 1 is 1.44 bits per heavy atom. The van der Waals surface area contributed by atoms with Crippen LogP contribution in [0.25, 0.3) is 0 Å². The topological polar surface area (TPSA) is 69.4 Å². The van der Waals surface area contributed by atoms with E-state index in [9.17, 15) is 12.3 Å². The van der Waals surface area contributed by atoms with Crippen molar-refractivity contribution >= 4 is 23.1 Å². The molecule has 0 unspecified atom stereocenters. The number of hydrogen-bond donors (Lipinski definition) is 2. The zero-order valence-electron chi connectivity index (χ0n) is 8.82. The lowest BCUT2D eigenvalue weighted by Gasteiger charge is -2.13. The van der Waals surface area contributed by atoms with Crippen LogP contribution in [0.15, 0.2) is 11.0 Å². The van der Waals surface area contributed by atoms with Crippen LogP contribution in [0.2, 0.25) is 0 Å². The van der Waals surface area contributed by atoms with Gasteiger partial charge in [0.1, 0.15) is 5.75 Å². The fraction of sp³-hybridized carbons (Fsp3) is 0.333. The minimum Gasteiger partial charge on any atom is -0.358 e. The average Bonchev–Trinajstić information content (AvgIpc) is 2.17. The highest BCUT2D eigenvalue weighted by Gasteiger charge is 2.16. The Bertz CT molecular complexity index is 514. The number of benzene rings is 1. The highest BCUT2D eigenvalue weighted by atomic mass is 32.3. The van der Waals surface area contributed by atoms with E-state index in [1.165, 1.54) is 6.07 Å². The maximum Gasteiger partial charge on any atom is 0.488 e. The number of halogens is 1. The van der Waals surface area contributed by atoms with Gasteiger partial charge in [0.05, 0.1) is 0 Å².